The number of carbonyl (C=O) groups is 1. The van der Waals surface area contributed by atoms with Gasteiger partial charge < -0.3 is 9.73 Å². The third-order valence-electron chi connectivity index (χ3n) is 3.71. The summed E-state index contributed by atoms with van der Waals surface area (Å²) in [6, 6.07) is 12.9. The fourth-order valence-electron chi connectivity index (χ4n) is 2.34. The normalized spacial score (nSPS) is 14.2. The number of nitrogens with zero attached hydrogens (tertiary/aromatic N) is 1. The average Bonchev–Trinajstić information content (AvgIpc) is 3.27. The van der Waals surface area contributed by atoms with Crippen LogP contribution in [0.1, 0.15) is 12.8 Å². The second-order valence-electron chi connectivity index (χ2n) is 5.44. The minimum absolute atomic E-state index is 0.0608. The number of carbonyl (C=O) groups excluding carboxylic acids is 1. The van der Waals surface area contributed by atoms with E-state index in [0.29, 0.717) is 22.2 Å². The highest BCUT2D eigenvalue weighted by molar-refractivity contribution is 6.33. The largest absolute Gasteiger partial charge is 0.436 e. The summed E-state index contributed by atoms with van der Waals surface area (Å²) in [5.41, 5.74) is 2.92. The van der Waals surface area contributed by atoms with Crippen LogP contribution in [0, 0.1) is 5.92 Å². The molecule has 0 spiro atoms. The van der Waals surface area contributed by atoms with Gasteiger partial charge in [0.1, 0.15) is 5.52 Å². The summed E-state index contributed by atoms with van der Waals surface area (Å²) in [6.07, 6.45) is 1.95. The highest BCUT2D eigenvalue weighted by Gasteiger charge is 2.29. The number of anilines is 1. The summed E-state index contributed by atoms with van der Waals surface area (Å²) in [6.45, 7) is 0. The van der Waals surface area contributed by atoms with Gasteiger partial charge in [-0.3, -0.25) is 4.79 Å². The lowest BCUT2D eigenvalue weighted by molar-refractivity contribution is -0.117. The topological polar surface area (TPSA) is 55.1 Å². The van der Waals surface area contributed by atoms with Crippen molar-refractivity contribution in [3.05, 3.63) is 47.5 Å². The molecule has 0 saturated heterocycles. The molecular weight excluding hydrogens is 300 g/mol. The summed E-state index contributed by atoms with van der Waals surface area (Å²) in [5.74, 6) is 0.701. The first-order valence-corrected chi connectivity index (χ1v) is 7.55. The molecule has 0 unspecified atom stereocenters. The quantitative estimate of drug-likeness (QED) is 0.775. The molecule has 1 amide bonds. The molecule has 1 saturated carbocycles. The molecule has 1 aliphatic rings. The van der Waals surface area contributed by atoms with Gasteiger partial charge in [0.25, 0.3) is 0 Å². The molecule has 4 nitrogen and oxygen atoms in total. The molecule has 110 valence electrons. The maximum Gasteiger partial charge on any atom is 0.228 e. The zero-order valence-corrected chi connectivity index (χ0v) is 12.4. The molecule has 0 radical (unpaired) electrons. The fraction of sp³-hybridized carbons (Fsp3) is 0.176. The highest BCUT2D eigenvalue weighted by atomic mass is 35.5. The molecule has 0 aliphatic heterocycles. The van der Waals surface area contributed by atoms with Gasteiger partial charge in [-0.1, -0.05) is 23.7 Å². The molecule has 1 aliphatic carbocycles. The fourth-order valence-corrected chi connectivity index (χ4v) is 2.60. The SMILES string of the molecule is O=C(Nc1ccc(-c2nc3ccccc3o2)c(Cl)c1)C1CC1. The van der Waals surface area contributed by atoms with Crippen LogP contribution >= 0.6 is 11.6 Å². The van der Waals surface area contributed by atoms with Crippen LogP contribution in [0.5, 0.6) is 0 Å². The van der Waals surface area contributed by atoms with Crippen molar-refractivity contribution in [2.75, 3.05) is 5.32 Å². The average molecular weight is 313 g/mol. The lowest BCUT2D eigenvalue weighted by Crippen LogP contribution is -2.13. The molecule has 2 aromatic carbocycles. The molecular formula is C17H13ClN2O2. The van der Waals surface area contributed by atoms with E-state index < -0.39 is 0 Å². The number of hydrogen-bond acceptors (Lipinski definition) is 3. The Bertz CT molecular complexity index is 835. The molecule has 1 heterocycles. The van der Waals surface area contributed by atoms with Crippen molar-refractivity contribution in [3.8, 4) is 11.5 Å². The van der Waals surface area contributed by atoms with Crippen molar-refractivity contribution in [3.63, 3.8) is 0 Å². The first kappa shape index (κ1) is 13.3. The third kappa shape index (κ3) is 2.46. The Labute approximate surface area is 132 Å². The lowest BCUT2D eigenvalue weighted by Gasteiger charge is -2.06. The zero-order valence-electron chi connectivity index (χ0n) is 11.7. The van der Waals surface area contributed by atoms with Gasteiger partial charge in [-0.05, 0) is 43.2 Å². The Balaban J connectivity index is 1.65. The van der Waals surface area contributed by atoms with E-state index in [1.807, 2.05) is 36.4 Å². The van der Waals surface area contributed by atoms with Crippen LogP contribution in [0.15, 0.2) is 46.9 Å². The molecule has 5 heteroatoms. The lowest BCUT2D eigenvalue weighted by atomic mass is 10.2. The maximum atomic E-state index is 11.8. The van der Waals surface area contributed by atoms with E-state index >= 15 is 0 Å². The van der Waals surface area contributed by atoms with Gasteiger partial charge in [0.15, 0.2) is 5.58 Å². The predicted molar refractivity (Wildman–Crippen MR) is 85.8 cm³/mol. The summed E-state index contributed by atoms with van der Waals surface area (Å²) in [4.78, 5) is 16.2. The molecule has 22 heavy (non-hydrogen) atoms. The summed E-state index contributed by atoms with van der Waals surface area (Å²) in [5, 5.41) is 3.38. The summed E-state index contributed by atoms with van der Waals surface area (Å²) in [7, 11) is 0. The Morgan fingerprint density at radius 2 is 2.05 bits per heavy atom. The van der Waals surface area contributed by atoms with Crippen LogP contribution in [0.3, 0.4) is 0 Å². The number of nitrogens with one attached hydrogen (secondary N) is 1. The van der Waals surface area contributed by atoms with E-state index in [4.69, 9.17) is 16.0 Å². The number of oxazole rings is 1. The van der Waals surface area contributed by atoms with Gasteiger partial charge >= 0.3 is 0 Å². The van der Waals surface area contributed by atoms with E-state index in [-0.39, 0.29) is 11.8 Å². The van der Waals surface area contributed by atoms with Crippen LogP contribution in [0.4, 0.5) is 5.69 Å². The molecule has 4 rings (SSSR count). The zero-order chi connectivity index (χ0) is 15.1. The molecule has 3 aromatic rings. The Hall–Kier alpha value is -2.33. The Kier molecular flexibility index (Phi) is 3.12. The van der Waals surface area contributed by atoms with Crippen molar-refractivity contribution in [1.29, 1.82) is 0 Å². The number of benzene rings is 2. The highest BCUT2D eigenvalue weighted by Crippen LogP contribution is 2.33. The molecule has 0 atom stereocenters. The van der Waals surface area contributed by atoms with E-state index in [2.05, 4.69) is 10.3 Å². The van der Waals surface area contributed by atoms with Gasteiger partial charge in [-0.15, -0.1) is 0 Å². The first-order valence-electron chi connectivity index (χ1n) is 7.17. The summed E-state index contributed by atoms with van der Waals surface area (Å²) >= 11 is 6.32. The number of hydrogen-bond donors (Lipinski definition) is 1. The number of halogens is 1. The number of rotatable bonds is 3. The number of fused-ring (bicyclic) bond motifs is 1. The molecule has 1 aromatic heterocycles. The minimum atomic E-state index is 0.0608. The van der Waals surface area contributed by atoms with E-state index in [9.17, 15) is 4.79 Å². The predicted octanol–water partition coefficient (Wildman–Crippen LogP) is 4.50. The van der Waals surface area contributed by atoms with Gasteiger partial charge in [0.05, 0.1) is 10.6 Å². The number of amides is 1. The Morgan fingerprint density at radius 1 is 1.23 bits per heavy atom. The van der Waals surface area contributed by atoms with E-state index in [0.717, 1.165) is 23.9 Å². The van der Waals surface area contributed by atoms with Gasteiger partial charge in [-0.25, -0.2) is 4.98 Å². The molecule has 0 bridgehead atoms. The number of para-hydroxylation sites is 2. The van der Waals surface area contributed by atoms with Crippen LogP contribution < -0.4 is 5.32 Å². The van der Waals surface area contributed by atoms with Crippen molar-refractivity contribution in [2.24, 2.45) is 5.92 Å². The monoisotopic (exact) mass is 312 g/mol. The van der Waals surface area contributed by atoms with Crippen LogP contribution in [0.25, 0.3) is 22.6 Å². The first-order chi connectivity index (χ1) is 10.7. The Morgan fingerprint density at radius 3 is 2.77 bits per heavy atom. The van der Waals surface area contributed by atoms with Crippen LogP contribution in [-0.4, -0.2) is 10.9 Å². The molecule has 1 fully saturated rings. The van der Waals surface area contributed by atoms with Gasteiger partial charge in [0, 0.05) is 11.6 Å². The minimum Gasteiger partial charge on any atom is -0.436 e. The molecule has 1 N–H and O–H groups in total. The second-order valence-corrected chi connectivity index (χ2v) is 5.85. The smallest absolute Gasteiger partial charge is 0.228 e. The maximum absolute atomic E-state index is 11.8. The third-order valence-corrected chi connectivity index (χ3v) is 4.02. The second kappa shape index (κ2) is 5.14. The standard InChI is InChI=1S/C17H13ClN2O2/c18-13-9-11(19-16(21)10-5-6-10)7-8-12(13)17-20-14-3-1-2-4-15(14)22-17/h1-4,7-10H,5-6H2,(H,19,21). The van der Waals surface area contributed by atoms with Crippen molar-refractivity contribution >= 4 is 34.3 Å². The van der Waals surface area contributed by atoms with Crippen LogP contribution in [-0.2, 0) is 4.79 Å². The van der Waals surface area contributed by atoms with E-state index in [1.54, 1.807) is 6.07 Å². The van der Waals surface area contributed by atoms with Crippen molar-refractivity contribution in [2.45, 2.75) is 12.8 Å². The summed E-state index contributed by atoms with van der Waals surface area (Å²) < 4.78 is 5.72. The van der Waals surface area contributed by atoms with Crippen molar-refractivity contribution < 1.29 is 9.21 Å². The number of aromatic nitrogens is 1. The van der Waals surface area contributed by atoms with Crippen molar-refractivity contribution in [1.82, 2.24) is 4.98 Å². The van der Waals surface area contributed by atoms with Gasteiger partial charge in [0.2, 0.25) is 11.8 Å². The van der Waals surface area contributed by atoms with E-state index in [1.165, 1.54) is 0 Å². The van der Waals surface area contributed by atoms with Crippen LogP contribution in [0.2, 0.25) is 5.02 Å². The van der Waals surface area contributed by atoms with Gasteiger partial charge in [-0.2, -0.15) is 0 Å².